The summed E-state index contributed by atoms with van der Waals surface area (Å²) in [6.45, 7) is 3.55. The number of thiazole rings is 1. The largest absolute Gasteiger partial charge is 0.383 e. The first-order valence-electron chi connectivity index (χ1n) is 8.78. The average Bonchev–Trinajstić information content (AvgIpc) is 3.22. The highest BCUT2D eigenvalue weighted by Crippen LogP contribution is 2.24. The van der Waals surface area contributed by atoms with E-state index < -0.39 is 0 Å². The lowest BCUT2D eigenvalue weighted by atomic mass is 10.1. The zero-order valence-electron chi connectivity index (χ0n) is 15.8. The van der Waals surface area contributed by atoms with E-state index in [-0.39, 0.29) is 0 Å². The number of likely N-dealkylation sites (N-methyl/N-ethyl adjacent to an activating group) is 1. The quantitative estimate of drug-likeness (QED) is 0.610. The van der Waals surface area contributed by atoms with Gasteiger partial charge in [0.15, 0.2) is 5.13 Å². The van der Waals surface area contributed by atoms with Crippen molar-refractivity contribution >= 4 is 27.9 Å². The van der Waals surface area contributed by atoms with Gasteiger partial charge in [-0.05, 0) is 30.2 Å². The van der Waals surface area contributed by atoms with E-state index in [1.807, 2.05) is 50.6 Å². The van der Waals surface area contributed by atoms with E-state index >= 15 is 0 Å². The van der Waals surface area contributed by atoms with Crippen molar-refractivity contribution in [2.45, 2.75) is 6.92 Å². The van der Waals surface area contributed by atoms with Crippen LogP contribution in [0.25, 0.3) is 16.7 Å². The molecule has 0 saturated carbocycles. The van der Waals surface area contributed by atoms with Crippen LogP contribution in [0.15, 0.2) is 60.2 Å². The normalized spacial score (nSPS) is 11.4. The number of ether oxygens (including phenoxy) is 1. The summed E-state index contributed by atoms with van der Waals surface area (Å²) in [5.41, 5.74) is 4.29. The highest BCUT2D eigenvalue weighted by Gasteiger charge is 2.08. The molecule has 6 heteroatoms. The minimum absolute atomic E-state index is 0.687. The third-order valence-electron chi connectivity index (χ3n) is 4.16. The maximum absolute atomic E-state index is 5.12. The van der Waals surface area contributed by atoms with E-state index in [0.29, 0.717) is 6.61 Å². The Labute approximate surface area is 164 Å². The Bertz CT molecular complexity index is 875. The number of aromatic nitrogens is 2. The van der Waals surface area contributed by atoms with Gasteiger partial charge in [-0.3, -0.25) is 0 Å². The van der Waals surface area contributed by atoms with Gasteiger partial charge in [-0.15, -0.1) is 11.3 Å². The molecule has 0 radical (unpaired) electrons. The molecule has 140 valence electrons. The lowest BCUT2D eigenvalue weighted by molar-refractivity contribution is 0.206. The number of anilines is 2. The zero-order chi connectivity index (χ0) is 19.1. The summed E-state index contributed by atoms with van der Waals surface area (Å²) in [4.78, 5) is 11.3. The van der Waals surface area contributed by atoms with Crippen molar-refractivity contribution in [2.75, 3.05) is 37.5 Å². The van der Waals surface area contributed by atoms with Crippen molar-refractivity contribution in [3.63, 3.8) is 0 Å². The first-order valence-corrected chi connectivity index (χ1v) is 9.66. The molecule has 0 spiro atoms. The van der Waals surface area contributed by atoms with Gasteiger partial charge in [-0.1, -0.05) is 30.3 Å². The molecule has 0 aliphatic heterocycles. The Balaban J connectivity index is 1.63. The van der Waals surface area contributed by atoms with Crippen LogP contribution < -0.4 is 10.2 Å². The number of nitrogens with zero attached hydrogens (tertiary/aromatic N) is 3. The molecular weight excluding hydrogens is 356 g/mol. The SMILES string of the molecule is COCCN(C)c1nc(/C(C)=C/Nc2ccc(-c3ccccc3)cn2)cs1. The van der Waals surface area contributed by atoms with E-state index in [9.17, 15) is 0 Å². The van der Waals surface area contributed by atoms with Gasteiger partial charge < -0.3 is 15.0 Å². The molecule has 0 bridgehead atoms. The summed E-state index contributed by atoms with van der Waals surface area (Å²) in [5, 5.41) is 6.31. The van der Waals surface area contributed by atoms with Crippen LogP contribution >= 0.6 is 11.3 Å². The van der Waals surface area contributed by atoms with Crippen LogP contribution in [0.2, 0.25) is 0 Å². The van der Waals surface area contributed by atoms with E-state index in [4.69, 9.17) is 4.74 Å². The number of benzene rings is 1. The van der Waals surface area contributed by atoms with Gasteiger partial charge >= 0.3 is 0 Å². The number of methoxy groups -OCH3 is 1. The number of pyridine rings is 1. The van der Waals surface area contributed by atoms with Crippen LogP contribution in [0.3, 0.4) is 0 Å². The fourth-order valence-corrected chi connectivity index (χ4v) is 3.36. The molecule has 0 fully saturated rings. The molecule has 0 atom stereocenters. The summed E-state index contributed by atoms with van der Waals surface area (Å²) in [5.74, 6) is 0.807. The molecule has 1 aromatic carbocycles. The molecule has 0 aliphatic carbocycles. The average molecular weight is 381 g/mol. The van der Waals surface area contributed by atoms with Crippen LogP contribution in [-0.4, -0.2) is 37.3 Å². The fraction of sp³-hybridized carbons (Fsp3) is 0.238. The summed E-state index contributed by atoms with van der Waals surface area (Å²) in [6, 6.07) is 14.3. The molecule has 0 aliphatic rings. The van der Waals surface area contributed by atoms with Crippen LogP contribution in [-0.2, 0) is 4.74 Å². The van der Waals surface area contributed by atoms with Gasteiger partial charge in [-0.25, -0.2) is 9.97 Å². The molecule has 0 unspecified atom stereocenters. The fourth-order valence-electron chi connectivity index (χ4n) is 2.48. The lowest BCUT2D eigenvalue weighted by Gasteiger charge is -2.14. The minimum Gasteiger partial charge on any atom is -0.383 e. The number of nitrogens with one attached hydrogen (secondary N) is 1. The van der Waals surface area contributed by atoms with Gasteiger partial charge in [0.1, 0.15) is 5.82 Å². The predicted octanol–water partition coefficient (Wildman–Crippen LogP) is 4.76. The van der Waals surface area contributed by atoms with Crippen LogP contribution in [0, 0.1) is 0 Å². The van der Waals surface area contributed by atoms with Crippen LogP contribution in [0.1, 0.15) is 12.6 Å². The Morgan fingerprint density at radius 1 is 1.19 bits per heavy atom. The molecule has 2 aromatic heterocycles. The van der Waals surface area contributed by atoms with Gasteiger partial charge in [0.25, 0.3) is 0 Å². The third-order valence-corrected chi connectivity index (χ3v) is 5.12. The molecule has 3 rings (SSSR count). The van der Waals surface area contributed by atoms with Crippen molar-refractivity contribution < 1.29 is 4.74 Å². The maximum atomic E-state index is 5.12. The van der Waals surface area contributed by atoms with Gasteiger partial charge in [-0.2, -0.15) is 0 Å². The van der Waals surface area contributed by atoms with E-state index in [1.165, 1.54) is 0 Å². The maximum Gasteiger partial charge on any atom is 0.185 e. The highest BCUT2D eigenvalue weighted by molar-refractivity contribution is 7.13. The van der Waals surface area contributed by atoms with Crippen molar-refractivity contribution in [2.24, 2.45) is 0 Å². The number of allylic oxidation sites excluding steroid dienone is 1. The second-order valence-corrected chi connectivity index (χ2v) is 7.04. The van der Waals surface area contributed by atoms with Gasteiger partial charge in [0.05, 0.1) is 12.3 Å². The standard InChI is InChI=1S/C21H24N4OS/c1-16(19-15-27-21(24-19)25(2)11-12-26-3)13-22-20-10-9-18(14-23-20)17-7-5-4-6-8-17/h4-10,13-15H,11-12H2,1-3H3,(H,22,23)/b16-13+. The lowest BCUT2D eigenvalue weighted by Crippen LogP contribution is -2.21. The first-order chi connectivity index (χ1) is 13.2. The second-order valence-electron chi connectivity index (χ2n) is 6.20. The molecule has 0 saturated heterocycles. The van der Waals surface area contributed by atoms with Gasteiger partial charge in [0, 0.05) is 44.0 Å². The predicted molar refractivity (Wildman–Crippen MR) is 114 cm³/mol. The molecular formula is C21H24N4OS. The van der Waals surface area contributed by atoms with Gasteiger partial charge in [0.2, 0.25) is 0 Å². The molecule has 3 aromatic rings. The summed E-state index contributed by atoms with van der Waals surface area (Å²) in [6.07, 6.45) is 3.82. The zero-order valence-corrected chi connectivity index (χ0v) is 16.7. The number of hydrogen-bond donors (Lipinski definition) is 1. The number of rotatable bonds is 8. The third kappa shape index (κ3) is 5.15. The second kappa shape index (κ2) is 9.30. The first kappa shape index (κ1) is 19.1. The summed E-state index contributed by atoms with van der Waals surface area (Å²) in [7, 11) is 3.73. The number of hydrogen-bond acceptors (Lipinski definition) is 6. The van der Waals surface area contributed by atoms with Crippen molar-refractivity contribution in [1.29, 1.82) is 0 Å². The van der Waals surface area contributed by atoms with Crippen molar-refractivity contribution in [3.8, 4) is 11.1 Å². The molecule has 5 nitrogen and oxygen atoms in total. The molecule has 1 N–H and O–H groups in total. The van der Waals surface area contributed by atoms with Crippen LogP contribution in [0.4, 0.5) is 10.9 Å². The smallest absolute Gasteiger partial charge is 0.185 e. The van der Waals surface area contributed by atoms with Crippen LogP contribution in [0.5, 0.6) is 0 Å². The van der Waals surface area contributed by atoms with Crippen molar-refractivity contribution in [1.82, 2.24) is 9.97 Å². The highest BCUT2D eigenvalue weighted by atomic mass is 32.1. The Hall–Kier alpha value is -2.70. The Morgan fingerprint density at radius 3 is 2.70 bits per heavy atom. The monoisotopic (exact) mass is 380 g/mol. The molecule has 27 heavy (non-hydrogen) atoms. The molecule has 0 amide bonds. The Morgan fingerprint density at radius 2 is 2.00 bits per heavy atom. The molecule has 2 heterocycles. The summed E-state index contributed by atoms with van der Waals surface area (Å²) < 4.78 is 5.12. The topological polar surface area (TPSA) is 50.3 Å². The van der Waals surface area contributed by atoms with E-state index in [2.05, 4.69) is 43.8 Å². The van der Waals surface area contributed by atoms with E-state index in [0.717, 1.165) is 39.9 Å². The van der Waals surface area contributed by atoms with E-state index in [1.54, 1.807) is 18.4 Å². The summed E-state index contributed by atoms with van der Waals surface area (Å²) >= 11 is 1.63. The Kier molecular flexibility index (Phi) is 6.57. The van der Waals surface area contributed by atoms with Crippen molar-refractivity contribution in [3.05, 3.63) is 65.9 Å². The minimum atomic E-state index is 0.687.